The van der Waals surface area contributed by atoms with Crippen LogP contribution in [0.2, 0.25) is 30.1 Å². The minimum atomic E-state index is -0.903. The maximum atomic E-state index is 12.1. The van der Waals surface area contributed by atoms with Crippen molar-refractivity contribution >= 4 is 268 Å². The predicted octanol–water partition coefficient (Wildman–Crippen LogP) is 31.1. The molecule has 0 unspecified atom stereocenters. The Morgan fingerprint density at radius 2 is 0.760 bits per heavy atom. The van der Waals surface area contributed by atoms with Gasteiger partial charge in [0.05, 0.1) is 46.3 Å². The van der Waals surface area contributed by atoms with Crippen LogP contribution in [-0.4, -0.2) is 207 Å². The molecular weight excluding hydrogens is 2430 g/mol. The summed E-state index contributed by atoms with van der Waals surface area (Å²) in [6.45, 7) is 42.1. The smallest absolute Gasteiger partial charge is 0.410 e. The van der Waals surface area contributed by atoms with Gasteiger partial charge in [-0.1, -0.05) is 209 Å². The molecule has 0 spiro atoms. The zero-order valence-corrected chi connectivity index (χ0v) is 99.2. The normalized spacial score (nSPS) is 14.8. The highest BCUT2D eigenvalue weighted by Gasteiger charge is 2.34. The largest absolute Gasteiger partial charge is 0.478 e. The van der Waals surface area contributed by atoms with E-state index in [0.717, 1.165) is 258 Å². The number of carbonyl (C=O) groups excluding carboxylic acids is 3. The molecule has 0 radical (unpaired) electrons. The molecule has 0 aliphatic carbocycles. The van der Waals surface area contributed by atoms with Crippen LogP contribution in [0.4, 0.5) is 32.2 Å². The zero-order valence-electron chi connectivity index (χ0n) is 85.3. The third-order valence-corrected chi connectivity index (χ3v) is 30.4. The van der Waals surface area contributed by atoms with Crippen LogP contribution >= 0.6 is 167 Å². The summed E-state index contributed by atoms with van der Waals surface area (Å²) in [5, 5.41) is 38.2. The number of piperazine rings is 5. The highest BCUT2D eigenvalue weighted by atomic mass is 127. The van der Waals surface area contributed by atoms with E-state index in [1.165, 1.54) is 5.00 Å². The molecular formula is C111H119Br4Cl6IN13O14S-. The number of furan rings is 4. The number of fused-ring (bicyclic) bond motifs is 5. The lowest BCUT2D eigenvalue weighted by Crippen LogP contribution is -2.50. The summed E-state index contributed by atoms with van der Waals surface area (Å²) in [6, 6.07) is 55.9. The standard InChI is InChI=1S/C26H25Cl2N3O3S.C25H24BrCl2N3O2.C17H21BrN2O3.C13H11Cl2NO2.C12H13BrN2O.C9H18N2O2.C8H4BrIO.CH3/c1-15(2)25-18(24(29-34-25)23-19(27)4-3-5-20(23)28)14-30-8-10-31(11-9-30)22-13-17-12-16(26(32)33)6-7-21(17)35-22;1-15(2)25-18(24(29-33-25)23-19(27)4-3-5-20(23)28)14-30-8-10-31(11-9-30)22-13-16-12-17(26)6-7-21(16)32-22;1-17(2,3)23-16(21)20-8-6-19(7-9-20)15-11-12-10-13(18)4-5-14(12)22-15;1-7(2)13-8(6-17)12(16-18-13)11-9(14)4-3-5-10(11)15;13-10-1-2-11-9(7-10)8-12(16-11)15-5-3-14-4-6-15;1-9(2,3)13-8(12)11-6-4-10-5-7-11;9-6-1-2-7-5(3-6)4-8(10)11-7;/h3-7,12-13,15H,8-11,14H2,1-2H3,(H,32,33);3-7,12-13,15H,8-11,14H2,1-2H3;4-5,10-11H,6-9H2,1-3H3;3-7H,1-2H3;1-2,7-8,14H,3-6H2;10H,4-7H2,1-3H3;1-4H;1H3/q;;;;;;;-1. The maximum Gasteiger partial charge on any atom is 0.410 e. The lowest BCUT2D eigenvalue weighted by molar-refractivity contribution is 0.0222. The molecule has 3 N–H and O–H groups in total. The summed E-state index contributed by atoms with van der Waals surface area (Å²) in [5.41, 5.74) is 9.46. The second-order valence-electron chi connectivity index (χ2n) is 39.0. The second kappa shape index (κ2) is 52.7. The first kappa shape index (κ1) is 116. The molecule has 8 aromatic carbocycles. The zero-order chi connectivity index (χ0) is 106. The average molecular weight is 2550 g/mol. The lowest BCUT2D eigenvalue weighted by atomic mass is 10.00. The van der Waals surface area contributed by atoms with Crippen LogP contribution in [-0.2, 0) is 22.6 Å². The van der Waals surface area contributed by atoms with Crippen LogP contribution in [0.5, 0.6) is 0 Å². The number of benzene rings is 8. The van der Waals surface area contributed by atoms with Crippen LogP contribution in [0.25, 0.3) is 87.7 Å². The number of hydrogen-bond donors (Lipinski definition) is 3. The molecule has 0 saturated carbocycles. The van der Waals surface area contributed by atoms with Crippen LogP contribution in [0.3, 0.4) is 0 Å². The molecule has 0 atom stereocenters. The molecule has 21 rings (SSSR count). The van der Waals surface area contributed by atoms with Crippen molar-refractivity contribution in [3.63, 3.8) is 0 Å². The van der Waals surface area contributed by atoms with Gasteiger partial charge in [0, 0.05) is 252 Å². The molecule has 0 bridgehead atoms. The highest BCUT2D eigenvalue weighted by Crippen LogP contribution is 2.45. The Morgan fingerprint density at radius 3 is 1.14 bits per heavy atom. The Morgan fingerprint density at radius 1 is 0.420 bits per heavy atom. The van der Waals surface area contributed by atoms with Gasteiger partial charge in [-0.25, -0.2) is 14.4 Å². The number of hydrogen-bond acceptors (Lipinski definition) is 25. The number of aromatic carboxylic acids is 1. The second-order valence-corrected chi connectivity index (χ2v) is 47.3. The Bertz CT molecular complexity index is 7280. The number of carboxylic acids is 1. The van der Waals surface area contributed by atoms with Gasteiger partial charge in [-0.05, 0) is 209 Å². The maximum absolute atomic E-state index is 12.1. The van der Waals surface area contributed by atoms with Crippen LogP contribution in [0, 0.1) is 11.2 Å². The molecule has 5 saturated heterocycles. The van der Waals surface area contributed by atoms with E-state index in [1.54, 1.807) is 51.5 Å². The van der Waals surface area contributed by atoms with E-state index >= 15 is 0 Å². The summed E-state index contributed by atoms with van der Waals surface area (Å²) < 4.78 is 56.9. The summed E-state index contributed by atoms with van der Waals surface area (Å²) >= 11 is 55.9. The summed E-state index contributed by atoms with van der Waals surface area (Å²) in [4.78, 5) is 63.5. The van der Waals surface area contributed by atoms with Gasteiger partial charge in [-0.3, -0.25) is 14.6 Å². The number of aldehydes is 1. The fraction of sp³-hybridized carbons (Fsp3) is 0.351. The molecule has 796 valence electrons. The first-order valence-corrected chi connectivity index (χ1v) is 56.3. The lowest BCUT2D eigenvalue weighted by Gasteiger charge is -2.35. The van der Waals surface area contributed by atoms with Gasteiger partial charge in [0.15, 0.2) is 27.7 Å². The van der Waals surface area contributed by atoms with Crippen molar-refractivity contribution in [2.24, 2.45) is 0 Å². The summed E-state index contributed by atoms with van der Waals surface area (Å²) in [5.74, 6) is 4.57. The van der Waals surface area contributed by atoms with Gasteiger partial charge in [-0.15, -0.1) is 11.3 Å². The van der Waals surface area contributed by atoms with Gasteiger partial charge < -0.3 is 93.3 Å². The van der Waals surface area contributed by atoms with Crippen LogP contribution < -0.4 is 30.2 Å². The molecule has 39 heteroatoms. The van der Waals surface area contributed by atoms with E-state index in [2.05, 4.69) is 200 Å². The van der Waals surface area contributed by atoms with Crippen molar-refractivity contribution in [1.29, 1.82) is 0 Å². The number of carbonyl (C=O) groups is 4. The quantitative estimate of drug-likeness (QED) is 0.0460. The van der Waals surface area contributed by atoms with Gasteiger partial charge in [0.1, 0.15) is 67.9 Å². The van der Waals surface area contributed by atoms with Gasteiger partial charge >= 0.3 is 18.2 Å². The Balaban J connectivity index is 0.000000143. The number of ether oxygens (including phenoxy) is 2. The minimum absolute atomic E-state index is 0. The van der Waals surface area contributed by atoms with Crippen molar-refractivity contribution in [1.82, 2.24) is 45.7 Å². The molecule has 5 aliphatic heterocycles. The Labute approximate surface area is 954 Å². The molecule has 2 amide bonds. The van der Waals surface area contributed by atoms with E-state index in [0.29, 0.717) is 89.2 Å². The molecule has 13 heterocycles. The number of nitrogens with one attached hydrogen (secondary N) is 2. The molecule has 150 heavy (non-hydrogen) atoms. The fourth-order valence-electron chi connectivity index (χ4n) is 17.4. The molecule has 8 aromatic heterocycles. The monoisotopic (exact) mass is 2540 g/mol. The van der Waals surface area contributed by atoms with Gasteiger partial charge in [-0.2, -0.15) is 0 Å². The average Bonchev–Trinajstić information content (AvgIpc) is 1.63. The summed E-state index contributed by atoms with van der Waals surface area (Å²) in [7, 11) is 0. The Kier molecular flexibility index (Phi) is 40.8. The highest BCUT2D eigenvalue weighted by molar-refractivity contribution is 14.1. The third-order valence-electron chi connectivity index (χ3n) is 24.8. The topological polar surface area (TPSA) is 288 Å². The van der Waals surface area contributed by atoms with E-state index < -0.39 is 11.6 Å². The Hall–Kier alpha value is -9.38. The van der Waals surface area contributed by atoms with E-state index in [9.17, 15) is 24.3 Å². The number of aromatic nitrogens is 3. The fourth-order valence-corrected chi connectivity index (χ4v) is 22.3. The number of thiophene rings is 1. The number of rotatable bonds is 16. The third kappa shape index (κ3) is 30.2. The van der Waals surface area contributed by atoms with Crippen molar-refractivity contribution < 1.29 is 65.0 Å². The minimum Gasteiger partial charge on any atom is -0.478 e. The summed E-state index contributed by atoms with van der Waals surface area (Å²) in [6.07, 6.45) is 0.278. The van der Waals surface area contributed by atoms with Gasteiger partial charge in [0.2, 0.25) is 0 Å². The van der Waals surface area contributed by atoms with Crippen molar-refractivity contribution in [2.45, 2.75) is 125 Å². The number of nitrogens with zero attached hydrogens (tertiary/aromatic N) is 11. The molecule has 27 nitrogen and oxygen atoms in total. The van der Waals surface area contributed by atoms with Gasteiger partial charge in [0.25, 0.3) is 0 Å². The van der Waals surface area contributed by atoms with Crippen molar-refractivity contribution in [2.75, 3.05) is 150 Å². The van der Waals surface area contributed by atoms with Crippen molar-refractivity contribution in [3.8, 4) is 33.8 Å². The first-order chi connectivity index (χ1) is 71.2. The predicted molar refractivity (Wildman–Crippen MR) is 628 cm³/mol. The number of halogens is 11. The van der Waals surface area contributed by atoms with E-state index in [-0.39, 0.29) is 43.0 Å². The van der Waals surface area contributed by atoms with E-state index in [4.69, 9.17) is 110 Å². The van der Waals surface area contributed by atoms with Crippen LogP contribution in [0.1, 0.15) is 150 Å². The molecule has 5 aliphatic rings. The number of anilines is 4. The molecule has 16 aromatic rings. The molecule has 5 fully saturated rings. The number of carboxylic acid groups (broad SMARTS) is 1. The first-order valence-electron chi connectivity index (χ1n) is 48.9. The van der Waals surface area contributed by atoms with Crippen molar-refractivity contribution in [3.05, 3.63) is 275 Å². The number of amides is 2. The van der Waals surface area contributed by atoms with Crippen LogP contribution in [0.15, 0.2) is 225 Å². The van der Waals surface area contributed by atoms with E-state index in [1.807, 2.05) is 171 Å². The SMILES string of the molecule is Brc1ccc2oc(I)cc2c1.Brc1ccc2oc(N3CCNCC3)cc2c1.CC(C)(C)OC(=O)N1CCN(c2cc3cc(Br)ccc3o2)CC1.CC(C)(C)OC(=O)N1CCNCC1.CC(C)c1onc(-c2c(Cl)cccc2Cl)c1C=O.CC(C)c1onc(-c2c(Cl)cccc2Cl)c1CN1CCN(c2cc3cc(Br)ccc3o2)CC1.CC(C)c1onc(-c2c(Cl)cccc2Cl)c1CN1CCN(c2cc3cc(C(=O)O)ccc3s2)CC1.[CH3-].